The Labute approximate surface area is 106 Å². The van der Waals surface area contributed by atoms with Crippen molar-refractivity contribution in [2.24, 2.45) is 0 Å². The minimum atomic E-state index is 0.438. The molecule has 2 rings (SSSR count). The number of ether oxygens (including phenoxy) is 2. The molecule has 0 radical (unpaired) electrons. The molecule has 2 aromatic rings. The monoisotopic (exact) mass is 248 g/mol. The average Bonchev–Trinajstić information content (AvgIpc) is 2.38. The second-order valence-electron chi connectivity index (χ2n) is 3.53. The summed E-state index contributed by atoms with van der Waals surface area (Å²) >= 11 is 6.01. The van der Waals surface area contributed by atoms with Crippen LogP contribution in [0, 0.1) is 0 Å². The zero-order valence-electron chi connectivity index (χ0n) is 9.52. The molecule has 2 aromatic carbocycles. The minimum absolute atomic E-state index is 0.438. The van der Waals surface area contributed by atoms with Crippen molar-refractivity contribution in [1.82, 2.24) is 0 Å². The predicted octanol–water partition coefficient (Wildman–Crippen LogP) is 3.93. The first-order valence-electron chi connectivity index (χ1n) is 5.30. The number of para-hydroxylation sites is 2. The van der Waals surface area contributed by atoms with Crippen molar-refractivity contribution >= 4 is 11.6 Å². The Morgan fingerprint density at radius 2 is 1.59 bits per heavy atom. The predicted molar refractivity (Wildman–Crippen MR) is 68.8 cm³/mol. The van der Waals surface area contributed by atoms with E-state index in [1.54, 1.807) is 13.2 Å². The van der Waals surface area contributed by atoms with Crippen molar-refractivity contribution in [2.45, 2.75) is 6.61 Å². The van der Waals surface area contributed by atoms with Gasteiger partial charge in [0.1, 0.15) is 18.1 Å². The molecule has 17 heavy (non-hydrogen) atoms. The highest BCUT2D eigenvalue weighted by atomic mass is 35.5. The first-order chi connectivity index (χ1) is 8.31. The fourth-order valence-electron chi connectivity index (χ4n) is 1.54. The van der Waals surface area contributed by atoms with Crippen LogP contribution in [0.25, 0.3) is 0 Å². The fraction of sp³-hybridized carbons (Fsp3) is 0.143. The second-order valence-corrected chi connectivity index (χ2v) is 3.94. The van der Waals surface area contributed by atoms with E-state index in [2.05, 4.69) is 0 Å². The average molecular weight is 249 g/mol. The molecule has 0 spiro atoms. The van der Waals surface area contributed by atoms with Gasteiger partial charge in [-0.1, -0.05) is 41.9 Å². The fourth-order valence-corrected chi connectivity index (χ4v) is 1.73. The third-order valence-corrected chi connectivity index (χ3v) is 2.72. The molecule has 0 aliphatic carbocycles. The van der Waals surface area contributed by atoms with Crippen LogP contribution < -0.4 is 9.47 Å². The molecule has 0 aliphatic heterocycles. The smallest absolute Gasteiger partial charge is 0.138 e. The van der Waals surface area contributed by atoms with Gasteiger partial charge in [-0.15, -0.1) is 0 Å². The summed E-state index contributed by atoms with van der Waals surface area (Å²) in [7, 11) is 1.65. The number of halogens is 1. The number of rotatable bonds is 4. The lowest BCUT2D eigenvalue weighted by atomic mass is 10.2. The van der Waals surface area contributed by atoms with E-state index in [4.69, 9.17) is 21.1 Å². The summed E-state index contributed by atoms with van der Waals surface area (Å²) in [5.41, 5.74) is 0.995. The largest absolute Gasteiger partial charge is 0.496 e. The van der Waals surface area contributed by atoms with E-state index in [0.29, 0.717) is 17.4 Å². The van der Waals surface area contributed by atoms with E-state index in [-0.39, 0.29) is 0 Å². The molecular formula is C14H13ClO2. The minimum Gasteiger partial charge on any atom is -0.496 e. The summed E-state index contributed by atoms with van der Waals surface area (Å²) in [5.74, 6) is 1.50. The van der Waals surface area contributed by atoms with Gasteiger partial charge in [-0.3, -0.25) is 0 Å². The highest BCUT2D eigenvalue weighted by Gasteiger charge is 2.04. The number of hydrogen-bond acceptors (Lipinski definition) is 2. The van der Waals surface area contributed by atoms with Crippen LogP contribution in [-0.2, 0) is 6.61 Å². The lowest BCUT2D eigenvalue weighted by molar-refractivity contribution is 0.297. The second kappa shape index (κ2) is 5.60. The molecule has 0 fully saturated rings. The van der Waals surface area contributed by atoms with Gasteiger partial charge in [0.15, 0.2) is 0 Å². The zero-order chi connectivity index (χ0) is 12.1. The molecule has 3 heteroatoms. The van der Waals surface area contributed by atoms with Crippen LogP contribution in [-0.4, -0.2) is 7.11 Å². The summed E-state index contributed by atoms with van der Waals surface area (Å²) in [6.45, 7) is 0.438. The van der Waals surface area contributed by atoms with Crippen molar-refractivity contribution in [2.75, 3.05) is 7.11 Å². The maximum Gasteiger partial charge on any atom is 0.138 e. The van der Waals surface area contributed by atoms with Crippen LogP contribution in [0.15, 0.2) is 48.5 Å². The number of benzene rings is 2. The molecule has 0 N–H and O–H groups in total. The van der Waals surface area contributed by atoms with Crippen molar-refractivity contribution < 1.29 is 9.47 Å². The maximum atomic E-state index is 6.01. The number of methoxy groups -OCH3 is 1. The highest BCUT2D eigenvalue weighted by molar-refractivity contribution is 6.32. The Hall–Kier alpha value is -1.67. The molecule has 88 valence electrons. The van der Waals surface area contributed by atoms with E-state index in [1.165, 1.54) is 0 Å². The van der Waals surface area contributed by atoms with Crippen molar-refractivity contribution in [1.29, 1.82) is 0 Å². The third-order valence-electron chi connectivity index (χ3n) is 2.41. The van der Waals surface area contributed by atoms with E-state index < -0.39 is 0 Å². The van der Waals surface area contributed by atoms with Crippen LogP contribution in [0.1, 0.15) is 5.56 Å². The van der Waals surface area contributed by atoms with Gasteiger partial charge in [0, 0.05) is 5.56 Å². The van der Waals surface area contributed by atoms with Gasteiger partial charge in [-0.2, -0.15) is 0 Å². The van der Waals surface area contributed by atoms with Crippen molar-refractivity contribution in [3.8, 4) is 11.5 Å². The van der Waals surface area contributed by atoms with Crippen LogP contribution >= 0.6 is 11.6 Å². The van der Waals surface area contributed by atoms with Gasteiger partial charge in [0.25, 0.3) is 0 Å². The Morgan fingerprint density at radius 1 is 0.941 bits per heavy atom. The standard InChI is InChI=1S/C14H13ClO2/c1-16-13-8-4-2-6-11(13)10-17-14-9-5-3-7-12(14)15/h2-9H,10H2,1H3. The summed E-state index contributed by atoms with van der Waals surface area (Å²) in [4.78, 5) is 0. The molecule has 0 amide bonds. The molecule has 0 heterocycles. The highest BCUT2D eigenvalue weighted by Crippen LogP contribution is 2.25. The topological polar surface area (TPSA) is 18.5 Å². The van der Waals surface area contributed by atoms with Gasteiger partial charge in [-0.05, 0) is 18.2 Å². The Kier molecular flexibility index (Phi) is 3.89. The molecule has 0 saturated carbocycles. The van der Waals surface area contributed by atoms with Crippen molar-refractivity contribution in [3.63, 3.8) is 0 Å². The van der Waals surface area contributed by atoms with Gasteiger partial charge in [0.2, 0.25) is 0 Å². The first kappa shape index (κ1) is 11.8. The normalized spacial score (nSPS) is 10.0. The lowest BCUT2D eigenvalue weighted by Gasteiger charge is -2.10. The van der Waals surface area contributed by atoms with Gasteiger partial charge in [-0.25, -0.2) is 0 Å². The van der Waals surface area contributed by atoms with E-state index in [9.17, 15) is 0 Å². The summed E-state index contributed by atoms with van der Waals surface area (Å²) in [6, 6.07) is 15.2. The van der Waals surface area contributed by atoms with Crippen LogP contribution in [0.3, 0.4) is 0 Å². The van der Waals surface area contributed by atoms with E-state index >= 15 is 0 Å². The lowest BCUT2D eigenvalue weighted by Crippen LogP contribution is -1.98. The Morgan fingerprint density at radius 3 is 2.29 bits per heavy atom. The maximum absolute atomic E-state index is 6.01. The molecule has 0 bridgehead atoms. The molecule has 0 aliphatic rings. The quantitative estimate of drug-likeness (QED) is 0.816. The number of hydrogen-bond donors (Lipinski definition) is 0. The Balaban J connectivity index is 2.10. The first-order valence-corrected chi connectivity index (χ1v) is 5.68. The zero-order valence-corrected chi connectivity index (χ0v) is 10.3. The van der Waals surface area contributed by atoms with E-state index in [0.717, 1.165) is 11.3 Å². The van der Waals surface area contributed by atoms with E-state index in [1.807, 2.05) is 42.5 Å². The molecular weight excluding hydrogens is 236 g/mol. The van der Waals surface area contributed by atoms with Crippen LogP contribution in [0.5, 0.6) is 11.5 Å². The molecule has 0 unspecified atom stereocenters. The molecule has 0 aromatic heterocycles. The van der Waals surface area contributed by atoms with Gasteiger partial charge in [0.05, 0.1) is 12.1 Å². The summed E-state index contributed by atoms with van der Waals surface area (Å²) in [6.07, 6.45) is 0. The molecule has 0 saturated heterocycles. The van der Waals surface area contributed by atoms with Crippen LogP contribution in [0.4, 0.5) is 0 Å². The van der Waals surface area contributed by atoms with Crippen LogP contribution in [0.2, 0.25) is 5.02 Å². The van der Waals surface area contributed by atoms with Crippen molar-refractivity contribution in [3.05, 3.63) is 59.1 Å². The van der Waals surface area contributed by atoms with Gasteiger partial charge < -0.3 is 9.47 Å². The molecule has 2 nitrogen and oxygen atoms in total. The molecule has 0 atom stereocenters. The summed E-state index contributed by atoms with van der Waals surface area (Å²) in [5, 5.41) is 0.613. The SMILES string of the molecule is COc1ccccc1COc1ccccc1Cl. The summed E-state index contributed by atoms with van der Waals surface area (Å²) < 4.78 is 10.9. The third kappa shape index (κ3) is 2.92. The van der Waals surface area contributed by atoms with Gasteiger partial charge >= 0.3 is 0 Å². The Bertz CT molecular complexity index is 497.